The number of benzene rings is 1. The number of amidine groups is 1. The summed E-state index contributed by atoms with van der Waals surface area (Å²) in [6.07, 6.45) is 0. The van der Waals surface area contributed by atoms with Gasteiger partial charge in [0.05, 0.1) is 5.02 Å². The molecule has 0 heterocycles. The van der Waals surface area contributed by atoms with Crippen LogP contribution in [0.5, 0.6) is 0 Å². The van der Waals surface area contributed by atoms with Crippen molar-refractivity contribution in [1.29, 1.82) is 0 Å². The van der Waals surface area contributed by atoms with Gasteiger partial charge in [0.1, 0.15) is 11.5 Å². The predicted octanol–water partition coefficient (Wildman–Crippen LogP) is 3.12. The second-order valence-corrected chi connectivity index (χ2v) is 3.67. The van der Waals surface area contributed by atoms with Crippen molar-refractivity contribution >= 4 is 23.1 Å². The van der Waals surface area contributed by atoms with Gasteiger partial charge in [-0.1, -0.05) is 31.5 Å². The third-order valence-corrected chi connectivity index (χ3v) is 2.06. The summed E-state index contributed by atoms with van der Waals surface area (Å²) in [4.78, 5) is 3.95. The van der Waals surface area contributed by atoms with Gasteiger partial charge >= 0.3 is 0 Å². The summed E-state index contributed by atoms with van der Waals surface area (Å²) >= 11 is 5.59. The highest BCUT2D eigenvalue weighted by Gasteiger charge is 2.06. The lowest BCUT2D eigenvalue weighted by atomic mass is 10.2. The van der Waals surface area contributed by atoms with Gasteiger partial charge in [-0.2, -0.15) is 0 Å². The van der Waals surface area contributed by atoms with Gasteiger partial charge < -0.3 is 5.73 Å². The molecule has 0 fully saturated rings. The second-order valence-electron chi connectivity index (χ2n) is 3.26. The fourth-order valence-corrected chi connectivity index (χ4v) is 1.02. The minimum Gasteiger partial charge on any atom is -0.387 e. The van der Waals surface area contributed by atoms with Crippen LogP contribution in [0.2, 0.25) is 5.02 Å². The van der Waals surface area contributed by atoms with Gasteiger partial charge in [-0.15, -0.1) is 0 Å². The van der Waals surface area contributed by atoms with Gasteiger partial charge in [-0.05, 0) is 12.1 Å². The molecular weight excluding hydrogens is 203 g/mol. The van der Waals surface area contributed by atoms with Crippen LogP contribution in [0, 0.1) is 11.7 Å². The quantitative estimate of drug-likeness (QED) is 0.596. The monoisotopic (exact) mass is 214 g/mol. The van der Waals surface area contributed by atoms with Gasteiger partial charge in [0, 0.05) is 5.92 Å². The summed E-state index contributed by atoms with van der Waals surface area (Å²) in [5.74, 6) is -0.0442. The van der Waals surface area contributed by atoms with E-state index < -0.39 is 5.82 Å². The SMILES string of the molecule is CC(C)C(N)=Nc1cccc(Cl)c1F. The van der Waals surface area contributed by atoms with E-state index in [4.69, 9.17) is 17.3 Å². The smallest absolute Gasteiger partial charge is 0.167 e. The highest BCUT2D eigenvalue weighted by atomic mass is 35.5. The molecule has 0 bridgehead atoms. The van der Waals surface area contributed by atoms with E-state index in [1.54, 1.807) is 6.07 Å². The molecule has 0 spiro atoms. The first kappa shape index (κ1) is 11.0. The van der Waals surface area contributed by atoms with Crippen LogP contribution in [0.1, 0.15) is 13.8 Å². The number of nitrogens with two attached hydrogens (primary N) is 1. The number of halogens is 2. The fourth-order valence-electron chi connectivity index (χ4n) is 0.847. The Morgan fingerprint density at radius 3 is 2.71 bits per heavy atom. The molecule has 2 N–H and O–H groups in total. The summed E-state index contributed by atoms with van der Waals surface area (Å²) < 4.78 is 13.3. The van der Waals surface area contributed by atoms with Gasteiger partial charge in [-0.3, -0.25) is 0 Å². The van der Waals surface area contributed by atoms with Crippen LogP contribution in [0.3, 0.4) is 0 Å². The lowest BCUT2D eigenvalue weighted by Crippen LogP contribution is -2.18. The first-order valence-electron chi connectivity index (χ1n) is 4.30. The van der Waals surface area contributed by atoms with E-state index in [0.29, 0.717) is 5.84 Å². The molecule has 0 aliphatic heterocycles. The summed E-state index contributed by atoms with van der Waals surface area (Å²) in [7, 11) is 0. The first-order chi connectivity index (χ1) is 6.52. The van der Waals surface area contributed by atoms with Crippen LogP contribution in [0.15, 0.2) is 23.2 Å². The molecule has 4 heteroatoms. The summed E-state index contributed by atoms with van der Waals surface area (Å²) in [5.41, 5.74) is 5.79. The van der Waals surface area contributed by atoms with Gasteiger partial charge in [-0.25, -0.2) is 9.38 Å². The third-order valence-electron chi connectivity index (χ3n) is 1.77. The molecule has 76 valence electrons. The van der Waals surface area contributed by atoms with Crippen molar-refractivity contribution in [3.05, 3.63) is 29.0 Å². The lowest BCUT2D eigenvalue weighted by molar-refractivity contribution is 0.630. The largest absolute Gasteiger partial charge is 0.387 e. The zero-order valence-electron chi connectivity index (χ0n) is 8.09. The number of rotatable bonds is 2. The molecule has 0 radical (unpaired) electrons. The van der Waals surface area contributed by atoms with Crippen molar-refractivity contribution in [2.75, 3.05) is 0 Å². The van der Waals surface area contributed by atoms with Crippen LogP contribution < -0.4 is 5.73 Å². The molecule has 0 saturated heterocycles. The van der Waals surface area contributed by atoms with Gasteiger partial charge in [0.15, 0.2) is 5.82 Å². The zero-order valence-corrected chi connectivity index (χ0v) is 8.85. The van der Waals surface area contributed by atoms with E-state index in [-0.39, 0.29) is 16.6 Å². The molecule has 1 aromatic carbocycles. The third kappa shape index (κ3) is 2.45. The fraction of sp³-hybridized carbons (Fsp3) is 0.300. The summed E-state index contributed by atoms with van der Waals surface area (Å²) in [5, 5.41) is 0.0582. The van der Waals surface area contributed by atoms with Crippen LogP contribution in [-0.4, -0.2) is 5.84 Å². The molecule has 0 amide bonds. The summed E-state index contributed by atoms with van der Waals surface area (Å²) in [6.45, 7) is 3.78. The molecule has 1 aromatic rings. The van der Waals surface area contributed by atoms with Crippen molar-refractivity contribution in [3.63, 3.8) is 0 Å². The molecule has 0 aliphatic carbocycles. The molecule has 2 nitrogen and oxygen atoms in total. The van der Waals surface area contributed by atoms with E-state index in [1.807, 2.05) is 13.8 Å². The average Bonchev–Trinajstić information content (AvgIpc) is 2.12. The minimum atomic E-state index is -0.530. The van der Waals surface area contributed by atoms with Crippen molar-refractivity contribution in [2.24, 2.45) is 16.6 Å². The number of hydrogen-bond acceptors (Lipinski definition) is 1. The zero-order chi connectivity index (χ0) is 10.7. The molecule has 0 saturated carbocycles. The Kier molecular flexibility index (Phi) is 3.47. The van der Waals surface area contributed by atoms with Crippen molar-refractivity contribution in [1.82, 2.24) is 0 Å². The topological polar surface area (TPSA) is 38.4 Å². The number of hydrogen-bond donors (Lipinski definition) is 1. The van der Waals surface area contributed by atoms with E-state index in [9.17, 15) is 4.39 Å². The maximum absolute atomic E-state index is 13.3. The highest BCUT2D eigenvalue weighted by Crippen LogP contribution is 2.24. The van der Waals surface area contributed by atoms with Gasteiger partial charge in [0.2, 0.25) is 0 Å². The molecule has 1 rings (SSSR count). The summed E-state index contributed by atoms with van der Waals surface area (Å²) in [6, 6.07) is 4.65. The maximum atomic E-state index is 13.3. The molecule has 14 heavy (non-hydrogen) atoms. The molecule has 0 atom stereocenters. The Morgan fingerprint density at radius 2 is 2.14 bits per heavy atom. The Morgan fingerprint density at radius 1 is 1.50 bits per heavy atom. The Hall–Kier alpha value is -1.09. The Bertz CT molecular complexity index is 361. The predicted molar refractivity (Wildman–Crippen MR) is 57.5 cm³/mol. The Balaban J connectivity index is 3.09. The van der Waals surface area contributed by atoms with Crippen LogP contribution >= 0.6 is 11.6 Å². The average molecular weight is 215 g/mol. The van der Waals surface area contributed by atoms with Crippen molar-refractivity contribution < 1.29 is 4.39 Å². The van der Waals surface area contributed by atoms with E-state index in [0.717, 1.165) is 0 Å². The number of nitrogens with zero attached hydrogens (tertiary/aromatic N) is 1. The maximum Gasteiger partial charge on any atom is 0.167 e. The second kappa shape index (κ2) is 4.42. The lowest BCUT2D eigenvalue weighted by Gasteiger charge is -2.04. The number of aliphatic imine (C=N–C) groups is 1. The van der Waals surface area contributed by atoms with E-state index in [2.05, 4.69) is 4.99 Å². The minimum absolute atomic E-state index is 0.0582. The molecular formula is C10H12ClFN2. The molecule has 0 aliphatic rings. The van der Waals surface area contributed by atoms with E-state index >= 15 is 0 Å². The normalized spacial score (nSPS) is 12.2. The molecule has 0 unspecified atom stereocenters. The van der Waals surface area contributed by atoms with Crippen LogP contribution in [0.4, 0.5) is 10.1 Å². The van der Waals surface area contributed by atoms with Gasteiger partial charge in [0.25, 0.3) is 0 Å². The van der Waals surface area contributed by atoms with Crippen LogP contribution in [0.25, 0.3) is 0 Å². The van der Waals surface area contributed by atoms with E-state index in [1.165, 1.54) is 12.1 Å². The Labute approximate surface area is 87.6 Å². The first-order valence-corrected chi connectivity index (χ1v) is 4.68. The molecule has 0 aromatic heterocycles. The highest BCUT2D eigenvalue weighted by molar-refractivity contribution is 6.31. The van der Waals surface area contributed by atoms with Crippen molar-refractivity contribution in [2.45, 2.75) is 13.8 Å². The standard InChI is InChI=1S/C10H12ClFN2/c1-6(2)10(13)14-8-5-3-4-7(11)9(8)12/h3-6H,1-2H3,(H2,13,14). The van der Waals surface area contributed by atoms with Crippen molar-refractivity contribution in [3.8, 4) is 0 Å². The van der Waals surface area contributed by atoms with Crippen LogP contribution in [-0.2, 0) is 0 Å².